The second-order valence-corrected chi connectivity index (χ2v) is 9.58. The van der Waals surface area contributed by atoms with Crippen LogP contribution in [0.1, 0.15) is 62.5 Å². The Hall–Kier alpha value is -2.09. The van der Waals surface area contributed by atoms with Crippen molar-refractivity contribution in [1.29, 1.82) is 0 Å². The number of nitrogens with zero attached hydrogens (tertiary/aromatic N) is 2. The van der Waals surface area contributed by atoms with Gasteiger partial charge in [0.2, 0.25) is 11.8 Å². The molecule has 0 saturated carbocycles. The smallest absolute Gasteiger partial charge is 0.381 e. The molecule has 0 aromatic heterocycles. The van der Waals surface area contributed by atoms with Crippen LogP contribution in [0.15, 0.2) is 24.3 Å². The van der Waals surface area contributed by atoms with E-state index in [0.29, 0.717) is 57.6 Å². The fourth-order valence-electron chi connectivity index (χ4n) is 5.52. The van der Waals surface area contributed by atoms with E-state index in [1.165, 1.54) is 6.07 Å². The lowest BCUT2D eigenvalue weighted by molar-refractivity contribution is -0.146. The number of ether oxygens (including phenoxy) is 1. The highest BCUT2D eigenvalue weighted by Crippen LogP contribution is 2.40. The van der Waals surface area contributed by atoms with Crippen LogP contribution < -0.4 is 0 Å². The molecule has 3 heterocycles. The van der Waals surface area contributed by atoms with Crippen molar-refractivity contribution >= 4 is 11.8 Å². The maximum absolute atomic E-state index is 13.8. The minimum Gasteiger partial charge on any atom is -0.381 e. The number of likely N-dealkylation sites (tertiary alicyclic amines) is 2. The van der Waals surface area contributed by atoms with Crippen molar-refractivity contribution in [3.05, 3.63) is 35.4 Å². The Kier molecular flexibility index (Phi) is 7.31. The summed E-state index contributed by atoms with van der Waals surface area (Å²) in [6.07, 6.45) is 1.90. The van der Waals surface area contributed by atoms with E-state index in [2.05, 4.69) is 0 Å². The number of alkyl halides is 3. The van der Waals surface area contributed by atoms with Crippen molar-refractivity contribution < 1.29 is 27.5 Å². The topological polar surface area (TPSA) is 49.9 Å². The highest BCUT2D eigenvalue weighted by atomic mass is 19.4. The second kappa shape index (κ2) is 10.0. The molecule has 33 heavy (non-hydrogen) atoms. The number of hydrogen-bond acceptors (Lipinski definition) is 3. The summed E-state index contributed by atoms with van der Waals surface area (Å²) in [5.74, 6) is -0.0141. The first-order chi connectivity index (χ1) is 15.8. The number of amides is 2. The Morgan fingerprint density at radius 2 is 1.55 bits per heavy atom. The molecule has 8 heteroatoms. The number of halogens is 3. The second-order valence-electron chi connectivity index (χ2n) is 9.58. The maximum atomic E-state index is 13.8. The number of hydrogen-bond donors (Lipinski definition) is 0. The van der Waals surface area contributed by atoms with Gasteiger partial charge in [-0.3, -0.25) is 9.59 Å². The van der Waals surface area contributed by atoms with Crippen molar-refractivity contribution in [1.82, 2.24) is 9.80 Å². The first-order valence-corrected chi connectivity index (χ1v) is 12.1. The van der Waals surface area contributed by atoms with Gasteiger partial charge in [-0.05, 0) is 50.2 Å². The van der Waals surface area contributed by atoms with Gasteiger partial charge in [0.25, 0.3) is 0 Å². The van der Waals surface area contributed by atoms with Gasteiger partial charge in [0.1, 0.15) is 0 Å². The van der Waals surface area contributed by atoms with Gasteiger partial charge in [-0.1, -0.05) is 31.0 Å². The summed E-state index contributed by atoms with van der Waals surface area (Å²) >= 11 is 0. The van der Waals surface area contributed by atoms with Crippen molar-refractivity contribution in [2.75, 3.05) is 39.4 Å². The summed E-state index contributed by atoms with van der Waals surface area (Å²) in [5.41, 5.74) is -1.34. The van der Waals surface area contributed by atoms with Gasteiger partial charge < -0.3 is 14.5 Å². The molecular formula is C25H33F3N2O3. The average molecular weight is 467 g/mol. The number of piperidine rings is 1. The molecule has 2 amide bonds. The zero-order valence-corrected chi connectivity index (χ0v) is 19.0. The quantitative estimate of drug-likeness (QED) is 0.664. The van der Waals surface area contributed by atoms with Gasteiger partial charge in [0.05, 0.1) is 11.0 Å². The van der Waals surface area contributed by atoms with Gasteiger partial charge in [-0.2, -0.15) is 13.2 Å². The third-order valence-corrected chi connectivity index (χ3v) is 7.55. The summed E-state index contributed by atoms with van der Waals surface area (Å²) < 4.78 is 45.5. The summed E-state index contributed by atoms with van der Waals surface area (Å²) in [6, 6.07) is 5.18. The Bertz CT molecular complexity index is 836. The number of carbonyl (C=O) groups is 2. The highest BCUT2D eigenvalue weighted by molar-refractivity contribution is 5.89. The number of rotatable bonds is 3. The van der Waals surface area contributed by atoms with Crippen molar-refractivity contribution in [3.8, 4) is 0 Å². The van der Waals surface area contributed by atoms with Crippen LogP contribution in [-0.4, -0.2) is 61.0 Å². The molecule has 1 aromatic carbocycles. The lowest BCUT2D eigenvalue weighted by atomic mass is 9.72. The molecule has 0 bridgehead atoms. The zero-order valence-electron chi connectivity index (χ0n) is 19.0. The van der Waals surface area contributed by atoms with E-state index in [0.717, 1.165) is 50.9 Å². The number of carbonyl (C=O) groups excluding carboxylic acids is 2. The van der Waals surface area contributed by atoms with Gasteiger partial charge in [-0.25, -0.2) is 0 Å². The van der Waals surface area contributed by atoms with Crippen LogP contribution in [0.3, 0.4) is 0 Å². The first-order valence-electron chi connectivity index (χ1n) is 12.1. The molecule has 3 aliphatic rings. The predicted octanol–water partition coefficient (Wildman–Crippen LogP) is 4.39. The predicted molar refractivity (Wildman–Crippen MR) is 118 cm³/mol. The van der Waals surface area contributed by atoms with Gasteiger partial charge in [0, 0.05) is 45.3 Å². The molecule has 4 rings (SSSR count). The third-order valence-electron chi connectivity index (χ3n) is 7.55. The van der Waals surface area contributed by atoms with Crippen LogP contribution in [-0.2, 0) is 25.9 Å². The summed E-state index contributed by atoms with van der Waals surface area (Å²) in [4.78, 5) is 30.5. The van der Waals surface area contributed by atoms with Gasteiger partial charge >= 0.3 is 6.18 Å². The van der Waals surface area contributed by atoms with Crippen LogP contribution in [0.4, 0.5) is 13.2 Å². The highest BCUT2D eigenvalue weighted by Gasteiger charge is 2.46. The normalized spacial score (nSPS) is 22.6. The fraction of sp³-hybridized carbons (Fsp3) is 0.680. The van der Waals surface area contributed by atoms with E-state index < -0.39 is 17.2 Å². The standard InChI is InChI=1S/C25H33F3N2O3/c26-25(27,28)21-7-5-6-20(18-21)24(10-16-33-17-11-24)23(32)30-14-8-19(9-15-30)22(31)29-12-3-1-2-4-13-29/h5-7,18-19H,1-4,8-17H2. The van der Waals surface area contributed by atoms with E-state index >= 15 is 0 Å². The Morgan fingerprint density at radius 1 is 0.909 bits per heavy atom. The van der Waals surface area contributed by atoms with E-state index in [1.807, 2.05) is 4.90 Å². The average Bonchev–Trinajstić information content (AvgIpc) is 3.13. The third kappa shape index (κ3) is 5.20. The first kappa shape index (κ1) is 24.0. The molecule has 0 unspecified atom stereocenters. The van der Waals surface area contributed by atoms with Crippen molar-refractivity contribution in [2.24, 2.45) is 5.92 Å². The summed E-state index contributed by atoms with van der Waals surface area (Å²) in [7, 11) is 0. The lowest BCUT2D eigenvalue weighted by Gasteiger charge is -2.42. The minimum absolute atomic E-state index is 0.0775. The summed E-state index contributed by atoms with van der Waals surface area (Å²) in [5, 5.41) is 0. The Labute approximate surface area is 193 Å². The molecule has 3 aliphatic heterocycles. The molecule has 0 aliphatic carbocycles. The SMILES string of the molecule is O=C(C1CCN(C(=O)C2(c3cccc(C(F)(F)F)c3)CCOCC2)CC1)N1CCCCCC1. The Morgan fingerprint density at radius 3 is 2.15 bits per heavy atom. The molecule has 0 atom stereocenters. The minimum atomic E-state index is -4.46. The molecule has 3 saturated heterocycles. The Balaban J connectivity index is 1.48. The molecule has 0 N–H and O–H groups in total. The molecule has 3 fully saturated rings. The van der Waals surface area contributed by atoms with Crippen LogP contribution >= 0.6 is 0 Å². The van der Waals surface area contributed by atoms with E-state index in [9.17, 15) is 22.8 Å². The molecule has 0 spiro atoms. The van der Waals surface area contributed by atoms with Crippen molar-refractivity contribution in [3.63, 3.8) is 0 Å². The largest absolute Gasteiger partial charge is 0.416 e. The van der Waals surface area contributed by atoms with E-state index in [1.54, 1.807) is 11.0 Å². The number of benzene rings is 1. The molecule has 5 nitrogen and oxygen atoms in total. The maximum Gasteiger partial charge on any atom is 0.416 e. The van der Waals surface area contributed by atoms with Gasteiger partial charge in [0.15, 0.2) is 0 Å². The zero-order chi connectivity index (χ0) is 23.5. The van der Waals surface area contributed by atoms with E-state index in [-0.39, 0.29) is 17.7 Å². The van der Waals surface area contributed by atoms with Crippen LogP contribution in [0, 0.1) is 5.92 Å². The van der Waals surface area contributed by atoms with Gasteiger partial charge in [-0.15, -0.1) is 0 Å². The van der Waals surface area contributed by atoms with Crippen LogP contribution in [0.25, 0.3) is 0 Å². The molecular weight excluding hydrogens is 433 g/mol. The monoisotopic (exact) mass is 466 g/mol. The molecule has 1 aromatic rings. The summed E-state index contributed by atoms with van der Waals surface area (Å²) in [6.45, 7) is 3.24. The van der Waals surface area contributed by atoms with Crippen LogP contribution in [0.2, 0.25) is 0 Å². The van der Waals surface area contributed by atoms with Crippen molar-refractivity contribution in [2.45, 2.75) is 63.0 Å². The fourth-order valence-corrected chi connectivity index (χ4v) is 5.52. The van der Waals surface area contributed by atoms with Crippen LogP contribution in [0.5, 0.6) is 0 Å². The van der Waals surface area contributed by atoms with E-state index in [4.69, 9.17) is 4.74 Å². The molecule has 0 radical (unpaired) electrons. The molecule has 182 valence electrons. The lowest BCUT2D eigenvalue weighted by Crippen LogP contribution is -2.53.